The van der Waals surface area contributed by atoms with Crippen molar-refractivity contribution in [2.45, 2.75) is 6.54 Å². The molecule has 80 valence electrons. The Labute approximate surface area is 91.3 Å². The summed E-state index contributed by atoms with van der Waals surface area (Å²) < 4.78 is 5.24. The molecule has 0 bridgehead atoms. The van der Waals surface area contributed by atoms with Gasteiger partial charge in [0.05, 0.1) is 18.4 Å². The van der Waals surface area contributed by atoms with Crippen molar-refractivity contribution < 1.29 is 4.42 Å². The predicted octanol–water partition coefficient (Wildman–Crippen LogP) is 1.68. The van der Waals surface area contributed by atoms with E-state index in [9.17, 15) is 0 Å². The second-order valence-electron chi connectivity index (χ2n) is 3.45. The third kappa shape index (κ3) is 1.30. The Morgan fingerprint density at radius 3 is 3.06 bits per heavy atom. The SMILES string of the molecule is NCc1ncc(-c2cccc3ocnc23)[nH]1. The average Bonchev–Trinajstić information content (AvgIpc) is 2.97. The van der Waals surface area contributed by atoms with Crippen molar-refractivity contribution in [1.82, 2.24) is 15.0 Å². The maximum absolute atomic E-state index is 5.51. The van der Waals surface area contributed by atoms with Gasteiger partial charge in [-0.25, -0.2) is 9.97 Å². The van der Waals surface area contributed by atoms with Gasteiger partial charge in [-0.3, -0.25) is 0 Å². The quantitative estimate of drug-likeness (QED) is 0.680. The number of benzene rings is 1. The van der Waals surface area contributed by atoms with Gasteiger partial charge in [-0.1, -0.05) is 12.1 Å². The molecule has 0 amide bonds. The molecule has 0 unspecified atom stereocenters. The molecule has 0 fully saturated rings. The lowest BCUT2D eigenvalue weighted by Gasteiger charge is -1.97. The zero-order valence-corrected chi connectivity index (χ0v) is 8.47. The lowest BCUT2D eigenvalue weighted by atomic mass is 10.1. The van der Waals surface area contributed by atoms with Gasteiger partial charge in [-0.2, -0.15) is 0 Å². The van der Waals surface area contributed by atoms with Crippen LogP contribution in [0.4, 0.5) is 0 Å². The highest BCUT2D eigenvalue weighted by Crippen LogP contribution is 2.25. The molecule has 0 aliphatic heterocycles. The van der Waals surface area contributed by atoms with Gasteiger partial charge < -0.3 is 15.1 Å². The molecule has 0 atom stereocenters. The molecule has 0 aliphatic carbocycles. The lowest BCUT2D eigenvalue weighted by molar-refractivity contribution is 0.602. The Balaban J connectivity index is 2.21. The fourth-order valence-electron chi connectivity index (χ4n) is 1.71. The lowest BCUT2D eigenvalue weighted by Crippen LogP contribution is -1.97. The van der Waals surface area contributed by atoms with E-state index in [1.165, 1.54) is 6.39 Å². The molecule has 0 saturated carbocycles. The zero-order valence-electron chi connectivity index (χ0n) is 8.47. The van der Waals surface area contributed by atoms with E-state index in [1.807, 2.05) is 18.2 Å². The molecular formula is C11H10N4O. The van der Waals surface area contributed by atoms with Crippen molar-refractivity contribution >= 4 is 11.1 Å². The Morgan fingerprint density at radius 1 is 1.31 bits per heavy atom. The summed E-state index contributed by atoms with van der Waals surface area (Å²) in [6, 6.07) is 5.77. The van der Waals surface area contributed by atoms with Gasteiger partial charge >= 0.3 is 0 Å². The number of nitrogens with zero attached hydrogens (tertiary/aromatic N) is 2. The molecule has 2 heterocycles. The number of H-pyrrole nitrogens is 1. The normalized spacial score (nSPS) is 11.1. The Morgan fingerprint density at radius 2 is 2.25 bits per heavy atom. The van der Waals surface area contributed by atoms with E-state index in [0.29, 0.717) is 6.54 Å². The van der Waals surface area contributed by atoms with Crippen LogP contribution in [0.1, 0.15) is 5.82 Å². The molecule has 1 aromatic carbocycles. The first-order valence-corrected chi connectivity index (χ1v) is 4.95. The summed E-state index contributed by atoms with van der Waals surface area (Å²) in [6.07, 6.45) is 3.19. The molecule has 16 heavy (non-hydrogen) atoms. The van der Waals surface area contributed by atoms with E-state index in [1.54, 1.807) is 6.20 Å². The van der Waals surface area contributed by atoms with Crippen LogP contribution in [-0.2, 0) is 6.54 Å². The Kier molecular flexibility index (Phi) is 1.97. The van der Waals surface area contributed by atoms with E-state index < -0.39 is 0 Å². The van der Waals surface area contributed by atoms with Crippen LogP contribution in [0.25, 0.3) is 22.4 Å². The fraction of sp³-hybridized carbons (Fsp3) is 0.0909. The van der Waals surface area contributed by atoms with Gasteiger partial charge in [0.25, 0.3) is 0 Å². The maximum atomic E-state index is 5.51. The number of fused-ring (bicyclic) bond motifs is 1. The third-order valence-electron chi connectivity index (χ3n) is 2.47. The minimum Gasteiger partial charge on any atom is -0.443 e. The number of hydrogen-bond donors (Lipinski definition) is 2. The van der Waals surface area contributed by atoms with E-state index in [2.05, 4.69) is 15.0 Å². The van der Waals surface area contributed by atoms with Crippen molar-refractivity contribution in [3.05, 3.63) is 36.6 Å². The minimum atomic E-state index is 0.398. The van der Waals surface area contributed by atoms with Gasteiger partial charge in [0.15, 0.2) is 12.0 Å². The van der Waals surface area contributed by atoms with Gasteiger partial charge in [0.2, 0.25) is 0 Å². The van der Waals surface area contributed by atoms with Crippen LogP contribution in [0.15, 0.2) is 35.2 Å². The van der Waals surface area contributed by atoms with E-state index in [0.717, 1.165) is 28.2 Å². The van der Waals surface area contributed by atoms with Crippen LogP contribution in [0.2, 0.25) is 0 Å². The van der Waals surface area contributed by atoms with Crippen molar-refractivity contribution in [3.63, 3.8) is 0 Å². The predicted molar refractivity (Wildman–Crippen MR) is 59.5 cm³/mol. The molecule has 5 nitrogen and oxygen atoms in total. The fourth-order valence-corrected chi connectivity index (χ4v) is 1.71. The van der Waals surface area contributed by atoms with Crippen molar-refractivity contribution in [2.75, 3.05) is 0 Å². The van der Waals surface area contributed by atoms with Gasteiger partial charge in [0.1, 0.15) is 11.3 Å². The second-order valence-corrected chi connectivity index (χ2v) is 3.45. The molecule has 0 spiro atoms. The third-order valence-corrected chi connectivity index (χ3v) is 2.47. The van der Waals surface area contributed by atoms with Crippen LogP contribution >= 0.6 is 0 Å². The van der Waals surface area contributed by atoms with Gasteiger partial charge in [-0.15, -0.1) is 0 Å². The second kappa shape index (κ2) is 3.46. The maximum Gasteiger partial charge on any atom is 0.182 e. The molecule has 0 radical (unpaired) electrons. The molecule has 2 aromatic heterocycles. The van der Waals surface area contributed by atoms with Crippen molar-refractivity contribution in [1.29, 1.82) is 0 Å². The highest BCUT2D eigenvalue weighted by atomic mass is 16.3. The van der Waals surface area contributed by atoms with Crippen LogP contribution in [-0.4, -0.2) is 15.0 Å². The number of nitrogens with two attached hydrogens (primary N) is 1. The average molecular weight is 214 g/mol. The first-order valence-electron chi connectivity index (χ1n) is 4.95. The molecule has 5 heteroatoms. The van der Waals surface area contributed by atoms with Crippen LogP contribution in [0, 0.1) is 0 Å². The monoisotopic (exact) mass is 214 g/mol. The number of oxazole rings is 1. The largest absolute Gasteiger partial charge is 0.443 e. The number of aromatic amines is 1. The number of aromatic nitrogens is 3. The van der Waals surface area contributed by atoms with Gasteiger partial charge in [-0.05, 0) is 6.07 Å². The van der Waals surface area contributed by atoms with Crippen LogP contribution in [0.5, 0.6) is 0 Å². The first kappa shape index (κ1) is 9.11. The number of imidazole rings is 1. The Bertz CT molecular complexity index is 625. The molecule has 0 aliphatic rings. The highest BCUT2D eigenvalue weighted by Gasteiger charge is 2.09. The topological polar surface area (TPSA) is 80.7 Å². The number of hydrogen-bond acceptors (Lipinski definition) is 4. The standard InChI is InChI=1S/C11H10N4O/c12-4-10-13-5-8(15-10)7-2-1-3-9-11(7)14-6-16-9/h1-3,5-6H,4,12H2,(H,13,15). The van der Waals surface area contributed by atoms with E-state index in [-0.39, 0.29) is 0 Å². The van der Waals surface area contributed by atoms with Crippen LogP contribution in [0.3, 0.4) is 0 Å². The highest BCUT2D eigenvalue weighted by molar-refractivity contribution is 5.89. The zero-order chi connectivity index (χ0) is 11.0. The van der Waals surface area contributed by atoms with Crippen molar-refractivity contribution in [3.8, 4) is 11.3 Å². The molecular weight excluding hydrogens is 204 g/mol. The van der Waals surface area contributed by atoms with E-state index in [4.69, 9.17) is 10.2 Å². The van der Waals surface area contributed by atoms with Crippen LogP contribution < -0.4 is 5.73 Å². The molecule has 3 aromatic rings. The number of nitrogens with one attached hydrogen (secondary N) is 1. The molecule has 0 saturated heterocycles. The summed E-state index contributed by atoms with van der Waals surface area (Å²) in [6.45, 7) is 0.398. The Hall–Kier alpha value is -2.14. The van der Waals surface area contributed by atoms with Gasteiger partial charge in [0, 0.05) is 5.56 Å². The molecule has 3 N–H and O–H groups in total. The summed E-state index contributed by atoms with van der Waals surface area (Å²) >= 11 is 0. The minimum absolute atomic E-state index is 0.398. The summed E-state index contributed by atoms with van der Waals surface area (Å²) in [5, 5.41) is 0. The molecule has 3 rings (SSSR count). The smallest absolute Gasteiger partial charge is 0.182 e. The summed E-state index contributed by atoms with van der Waals surface area (Å²) in [5.74, 6) is 0.760. The number of rotatable bonds is 2. The number of para-hydroxylation sites is 1. The summed E-state index contributed by atoms with van der Waals surface area (Å²) in [5.41, 5.74) is 8.97. The first-order chi connectivity index (χ1) is 7.88. The summed E-state index contributed by atoms with van der Waals surface area (Å²) in [7, 11) is 0. The van der Waals surface area contributed by atoms with E-state index >= 15 is 0 Å². The summed E-state index contributed by atoms with van der Waals surface area (Å²) in [4.78, 5) is 11.5. The van der Waals surface area contributed by atoms with Crippen molar-refractivity contribution in [2.24, 2.45) is 5.73 Å².